The van der Waals surface area contributed by atoms with Gasteiger partial charge < -0.3 is 0 Å². The first-order valence-corrected chi connectivity index (χ1v) is 15.4. The molecule has 4 aromatic rings. The van der Waals surface area contributed by atoms with Crippen molar-refractivity contribution in [1.82, 2.24) is 0 Å². The van der Waals surface area contributed by atoms with Crippen LogP contribution >= 0.6 is 6.83 Å². The second-order valence-electron chi connectivity index (χ2n) is 8.52. The SMILES string of the molecule is O=S(=O)(OP(CC/C=C/c1ccccc1)(c1ccccc1)(c1ccccc1)c1ccccc1)C(F)(F)F. The van der Waals surface area contributed by atoms with E-state index in [1.54, 1.807) is 91.0 Å². The van der Waals surface area contributed by atoms with Gasteiger partial charge in [0, 0.05) is 0 Å². The van der Waals surface area contributed by atoms with Crippen LogP contribution in [0.4, 0.5) is 13.2 Å². The molecule has 0 saturated heterocycles. The Morgan fingerprint density at radius 2 is 1.03 bits per heavy atom. The molecule has 0 aliphatic carbocycles. The number of benzene rings is 4. The molecule has 4 rings (SSSR count). The van der Waals surface area contributed by atoms with Crippen molar-refractivity contribution in [3.05, 3.63) is 133 Å². The number of allylic oxidation sites excluding steroid dienone is 1. The summed E-state index contributed by atoms with van der Waals surface area (Å²) in [6, 6.07) is 34.7. The Labute approximate surface area is 215 Å². The Balaban J connectivity index is 2.05. The average molecular weight is 543 g/mol. The van der Waals surface area contributed by atoms with Gasteiger partial charge in [-0.1, -0.05) is 0 Å². The number of hydrogen-bond acceptors (Lipinski definition) is 3. The van der Waals surface area contributed by atoms with Gasteiger partial charge in [-0.25, -0.2) is 0 Å². The third kappa shape index (κ3) is 5.12. The fourth-order valence-electron chi connectivity index (χ4n) is 4.59. The molecule has 8 heteroatoms. The molecule has 0 heterocycles. The van der Waals surface area contributed by atoms with E-state index in [4.69, 9.17) is 3.97 Å². The van der Waals surface area contributed by atoms with Crippen molar-refractivity contribution in [3.8, 4) is 0 Å². The molecule has 0 radical (unpaired) electrons. The Morgan fingerprint density at radius 3 is 1.41 bits per heavy atom. The molecule has 0 saturated carbocycles. The summed E-state index contributed by atoms with van der Waals surface area (Å²) in [7, 11) is -6.01. The van der Waals surface area contributed by atoms with Gasteiger partial charge >= 0.3 is 216 Å². The zero-order valence-corrected chi connectivity index (χ0v) is 21.5. The molecule has 4 aromatic carbocycles. The van der Waals surface area contributed by atoms with Gasteiger partial charge in [-0.15, -0.1) is 0 Å². The topological polar surface area (TPSA) is 43.4 Å². The molecule has 0 amide bonds. The molecule has 0 N–H and O–H groups in total. The number of rotatable bonds is 9. The van der Waals surface area contributed by atoms with Crippen molar-refractivity contribution in [2.75, 3.05) is 6.16 Å². The van der Waals surface area contributed by atoms with Gasteiger partial charge in [0.1, 0.15) is 0 Å². The van der Waals surface area contributed by atoms with Gasteiger partial charge in [0.25, 0.3) is 0 Å². The zero-order valence-electron chi connectivity index (χ0n) is 19.8. The maximum atomic E-state index is 14.0. The van der Waals surface area contributed by atoms with Crippen LogP contribution in [0.3, 0.4) is 0 Å². The monoisotopic (exact) mass is 542 g/mol. The summed E-state index contributed by atoms with van der Waals surface area (Å²) in [5, 5.41) is 1.19. The average Bonchev–Trinajstić information content (AvgIpc) is 2.92. The zero-order chi connectivity index (χ0) is 26.4. The molecule has 0 aliphatic heterocycles. The van der Waals surface area contributed by atoms with Crippen molar-refractivity contribution in [1.29, 1.82) is 0 Å². The maximum absolute atomic E-state index is 14.0. The molecule has 0 unspecified atom stereocenters. The predicted octanol–water partition coefficient (Wildman–Crippen LogP) is 6.40. The minimum absolute atomic E-state index is 0.00227. The van der Waals surface area contributed by atoms with E-state index in [0.717, 1.165) is 5.56 Å². The van der Waals surface area contributed by atoms with Crippen LogP contribution in [0.2, 0.25) is 0 Å². The third-order valence-electron chi connectivity index (χ3n) is 6.29. The summed E-state index contributed by atoms with van der Waals surface area (Å²) >= 11 is 0. The molecule has 0 aromatic heterocycles. The number of halogens is 3. The second kappa shape index (κ2) is 10.6. The van der Waals surface area contributed by atoms with Crippen molar-refractivity contribution in [3.63, 3.8) is 0 Å². The molecule has 0 atom stereocenters. The fourth-order valence-corrected chi connectivity index (χ4v) is 12.7. The van der Waals surface area contributed by atoms with Crippen molar-refractivity contribution < 1.29 is 25.6 Å². The number of hydrogen-bond donors (Lipinski definition) is 0. The molecule has 0 spiro atoms. The predicted molar refractivity (Wildman–Crippen MR) is 146 cm³/mol. The van der Waals surface area contributed by atoms with Gasteiger partial charge in [0.05, 0.1) is 0 Å². The molecular formula is C29H26F3O3PS. The first kappa shape index (κ1) is 26.8. The van der Waals surface area contributed by atoms with Gasteiger partial charge in [-0.3, -0.25) is 0 Å². The van der Waals surface area contributed by atoms with Crippen LogP contribution in [-0.4, -0.2) is 20.1 Å². The van der Waals surface area contributed by atoms with Crippen LogP contribution in [0.15, 0.2) is 127 Å². The van der Waals surface area contributed by atoms with Gasteiger partial charge in [-0.05, 0) is 0 Å². The standard InChI is InChI=1S/C29H26F3O3PS/c30-29(31,32)37(33,34)35-36(26-18-7-2-8-19-26,27-20-9-3-10-21-27,28-22-11-4-12-23-28)24-14-13-17-25-15-5-1-6-16-25/h1-13,15-23H,14,24H2/b17-13+. The molecular weight excluding hydrogens is 516 g/mol. The van der Waals surface area contributed by atoms with E-state index in [1.807, 2.05) is 42.5 Å². The third-order valence-corrected chi connectivity index (χ3v) is 14.2. The van der Waals surface area contributed by atoms with Crippen LogP contribution in [0.5, 0.6) is 0 Å². The van der Waals surface area contributed by atoms with Gasteiger partial charge in [0.2, 0.25) is 0 Å². The molecule has 0 bridgehead atoms. The van der Waals surface area contributed by atoms with E-state index < -0.39 is 22.5 Å². The van der Waals surface area contributed by atoms with Crippen molar-refractivity contribution in [2.45, 2.75) is 11.9 Å². The first-order valence-electron chi connectivity index (χ1n) is 11.6. The summed E-state index contributed by atoms with van der Waals surface area (Å²) in [6.07, 6.45) is 3.97. The Kier molecular flexibility index (Phi) is 7.69. The Hall–Kier alpha value is -3.25. The summed E-state index contributed by atoms with van der Waals surface area (Å²) in [5.74, 6) is 0. The van der Waals surface area contributed by atoms with E-state index in [2.05, 4.69) is 0 Å². The summed E-state index contributed by atoms with van der Waals surface area (Å²) in [5.41, 5.74) is -4.68. The quantitative estimate of drug-likeness (QED) is 0.182. The van der Waals surface area contributed by atoms with Gasteiger partial charge in [0.15, 0.2) is 0 Å². The normalized spacial score (nSPS) is 13.8. The van der Waals surface area contributed by atoms with Crippen LogP contribution < -0.4 is 15.9 Å². The van der Waals surface area contributed by atoms with Crippen molar-refractivity contribution in [2.24, 2.45) is 0 Å². The van der Waals surface area contributed by atoms with E-state index in [0.29, 0.717) is 15.9 Å². The van der Waals surface area contributed by atoms with Gasteiger partial charge in [-0.2, -0.15) is 0 Å². The van der Waals surface area contributed by atoms with E-state index >= 15 is 0 Å². The van der Waals surface area contributed by atoms with E-state index in [-0.39, 0.29) is 12.6 Å². The molecule has 0 fully saturated rings. The summed E-state index contributed by atoms with van der Waals surface area (Å²) in [6.45, 7) is -4.75. The summed E-state index contributed by atoms with van der Waals surface area (Å²) < 4.78 is 73.5. The molecule has 0 aliphatic rings. The van der Waals surface area contributed by atoms with Crippen LogP contribution in [0.25, 0.3) is 6.08 Å². The van der Waals surface area contributed by atoms with E-state index in [9.17, 15) is 21.6 Å². The molecule has 192 valence electrons. The summed E-state index contributed by atoms with van der Waals surface area (Å²) in [4.78, 5) is 0. The molecule has 3 nitrogen and oxygen atoms in total. The van der Waals surface area contributed by atoms with Crippen molar-refractivity contribution >= 4 is 38.9 Å². The number of alkyl halides is 3. The van der Waals surface area contributed by atoms with Crippen LogP contribution in [0.1, 0.15) is 12.0 Å². The van der Waals surface area contributed by atoms with E-state index in [1.165, 1.54) is 0 Å². The molecule has 37 heavy (non-hydrogen) atoms. The Bertz CT molecular complexity index is 1340. The van der Waals surface area contributed by atoms with Crippen LogP contribution in [0, 0.1) is 0 Å². The first-order chi connectivity index (χ1) is 17.7. The second-order valence-corrected chi connectivity index (χ2v) is 14.9. The minimum atomic E-state index is -6.01. The van der Waals surface area contributed by atoms with Crippen LogP contribution in [-0.2, 0) is 14.1 Å². The Morgan fingerprint density at radius 1 is 0.649 bits per heavy atom. The fraction of sp³-hybridized carbons (Fsp3) is 0.103.